The predicted octanol–water partition coefficient (Wildman–Crippen LogP) is 5.05. The lowest BCUT2D eigenvalue weighted by molar-refractivity contribution is 0.644. The molecule has 0 aliphatic carbocycles. The van der Waals surface area contributed by atoms with Crippen LogP contribution in [0.1, 0.15) is 59.6 Å². The van der Waals surface area contributed by atoms with E-state index in [1.54, 1.807) is 0 Å². The van der Waals surface area contributed by atoms with Crippen molar-refractivity contribution in [2.45, 2.75) is 61.4 Å². The highest BCUT2D eigenvalue weighted by atomic mass is 14.9. The molecule has 106 valence electrons. The van der Waals surface area contributed by atoms with E-state index in [2.05, 4.69) is 50.4 Å². The molecule has 0 amide bonds. The molecule has 1 nitrogen and oxygen atoms in total. The molecule has 0 aromatic heterocycles. The number of hydrogen-bond donors (Lipinski definition) is 1. The predicted molar refractivity (Wildman–Crippen MR) is 85.1 cm³/mol. The fourth-order valence-corrected chi connectivity index (χ4v) is 1.42. The first kappa shape index (κ1) is 19.5. The molecule has 0 radical (unpaired) electrons. The number of nitrogens with one attached hydrogen (secondary N) is 1. The lowest BCUT2D eigenvalue weighted by atomic mass is 10.0. The fraction of sp³-hybridized carbons (Fsp3) is 0.647. The maximum Gasteiger partial charge on any atom is 0.0208 e. The number of rotatable bonds is 0. The van der Waals surface area contributed by atoms with E-state index in [1.807, 2.05) is 27.7 Å². The molecule has 1 aliphatic rings. The van der Waals surface area contributed by atoms with Gasteiger partial charge in [0.05, 0.1) is 0 Å². The van der Waals surface area contributed by atoms with Crippen LogP contribution in [0.15, 0.2) is 24.3 Å². The molecule has 1 N–H and O–H groups in total. The first-order valence-corrected chi connectivity index (χ1v) is 7.47. The molecule has 0 saturated heterocycles. The minimum Gasteiger partial charge on any atom is -0.312 e. The summed E-state index contributed by atoms with van der Waals surface area (Å²) in [6.45, 7) is 16.7. The van der Waals surface area contributed by atoms with Gasteiger partial charge in [-0.1, -0.05) is 72.7 Å². The van der Waals surface area contributed by atoms with Crippen LogP contribution in [0.25, 0.3) is 0 Å². The number of benzene rings is 1. The van der Waals surface area contributed by atoms with Gasteiger partial charge in [-0.2, -0.15) is 0 Å². The molecule has 1 aromatic carbocycles. The standard InChI is InChI=1S/C9H11N.C4H10.2C2H6/c1-2-4-9-7-10-6-5-8(9)3-1;1-4(2)3;2*1-2/h1-4,10H,5-7H2;4H,1-3H3;2*1-2H3. The third-order valence-corrected chi connectivity index (χ3v) is 2.00. The summed E-state index contributed by atoms with van der Waals surface area (Å²) >= 11 is 0. The van der Waals surface area contributed by atoms with Crippen molar-refractivity contribution < 1.29 is 0 Å². The van der Waals surface area contributed by atoms with Gasteiger partial charge in [0.15, 0.2) is 0 Å². The van der Waals surface area contributed by atoms with Crippen LogP contribution in [0.3, 0.4) is 0 Å². The summed E-state index contributed by atoms with van der Waals surface area (Å²) in [5, 5.41) is 3.34. The Kier molecular flexibility index (Phi) is 15.4. The highest BCUT2D eigenvalue weighted by Gasteiger charge is 2.05. The lowest BCUT2D eigenvalue weighted by Gasteiger charge is -2.15. The van der Waals surface area contributed by atoms with E-state index >= 15 is 0 Å². The zero-order valence-electron chi connectivity index (χ0n) is 13.5. The Labute approximate surface area is 115 Å². The van der Waals surface area contributed by atoms with Crippen LogP contribution in [0, 0.1) is 5.92 Å². The number of fused-ring (bicyclic) bond motifs is 1. The van der Waals surface area contributed by atoms with Crippen molar-refractivity contribution in [2.75, 3.05) is 6.54 Å². The Morgan fingerprint density at radius 2 is 1.33 bits per heavy atom. The maximum absolute atomic E-state index is 3.34. The SMILES string of the molecule is CC.CC.CC(C)C.c1ccc2c(c1)CCNC2. The Balaban J connectivity index is 0. The zero-order chi connectivity index (χ0) is 14.4. The van der Waals surface area contributed by atoms with Gasteiger partial charge in [0.2, 0.25) is 0 Å². The molecule has 0 atom stereocenters. The summed E-state index contributed by atoms with van der Waals surface area (Å²) in [4.78, 5) is 0. The molecule has 0 fully saturated rings. The van der Waals surface area contributed by atoms with Gasteiger partial charge < -0.3 is 5.32 Å². The van der Waals surface area contributed by atoms with Gasteiger partial charge >= 0.3 is 0 Å². The third kappa shape index (κ3) is 10.3. The average molecular weight is 251 g/mol. The van der Waals surface area contributed by atoms with Gasteiger partial charge in [-0.15, -0.1) is 0 Å². The minimum absolute atomic E-state index is 0.833. The first-order chi connectivity index (χ1) is 8.70. The third-order valence-electron chi connectivity index (χ3n) is 2.00. The van der Waals surface area contributed by atoms with Gasteiger partial charge in [0.25, 0.3) is 0 Å². The smallest absolute Gasteiger partial charge is 0.0208 e. The molecule has 0 unspecified atom stereocenters. The second-order valence-electron chi connectivity index (χ2n) is 4.43. The van der Waals surface area contributed by atoms with Crippen LogP contribution >= 0.6 is 0 Å². The van der Waals surface area contributed by atoms with E-state index in [9.17, 15) is 0 Å². The Bertz CT molecular complexity index is 238. The molecular weight excluding hydrogens is 218 g/mol. The molecule has 2 rings (SSSR count). The van der Waals surface area contributed by atoms with Crippen molar-refractivity contribution in [2.24, 2.45) is 5.92 Å². The first-order valence-electron chi connectivity index (χ1n) is 7.47. The summed E-state index contributed by atoms with van der Waals surface area (Å²) in [5.74, 6) is 0.833. The number of hydrogen-bond acceptors (Lipinski definition) is 1. The van der Waals surface area contributed by atoms with Crippen molar-refractivity contribution in [1.82, 2.24) is 5.32 Å². The van der Waals surface area contributed by atoms with E-state index < -0.39 is 0 Å². The molecular formula is C17H33N. The Morgan fingerprint density at radius 3 is 1.78 bits per heavy atom. The quantitative estimate of drug-likeness (QED) is 0.680. The van der Waals surface area contributed by atoms with Crippen LogP contribution in [0.4, 0.5) is 0 Å². The van der Waals surface area contributed by atoms with Crippen molar-refractivity contribution in [3.8, 4) is 0 Å². The topological polar surface area (TPSA) is 12.0 Å². The van der Waals surface area contributed by atoms with Crippen molar-refractivity contribution in [3.63, 3.8) is 0 Å². The summed E-state index contributed by atoms with van der Waals surface area (Å²) < 4.78 is 0. The van der Waals surface area contributed by atoms with Crippen LogP contribution in [0.5, 0.6) is 0 Å². The monoisotopic (exact) mass is 251 g/mol. The van der Waals surface area contributed by atoms with Crippen LogP contribution in [0.2, 0.25) is 0 Å². The van der Waals surface area contributed by atoms with Crippen LogP contribution in [-0.2, 0) is 13.0 Å². The molecule has 0 bridgehead atoms. The van der Waals surface area contributed by atoms with Gasteiger partial charge in [0, 0.05) is 6.54 Å². The molecule has 18 heavy (non-hydrogen) atoms. The molecule has 0 spiro atoms. The van der Waals surface area contributed by atoms with E-state index in [-0.39, 0.29) is 0 Å². The average Bonchev–Trinajstić information content (AvgIpc) is 2.43. The summed E-state index contributed by atoms with van der Waals surface area (Å²) in [6.07, 6.45) is 1.19. The Morgan fingerprint density at radius 1 is 0.889 bits per heavy atom. The van der Waals surface area contributed by atoms with Crippen LogP contribution < -0.4 is 5.32 Å². The summed E-state index contributed by atoms with van der Waals surface area (Å²) in [5.41, 5.74) is 2.98. The molecule has 1 heterocycles. The van der Waals surface area contributed by atoms with E-state index in [0.29, 0.717) is 0 Å². The molecule has 1 heteroatoms. The van der Waals surface area contributed by atoms with E-state index in [1.165, 1.54) is 17.5 Å². The second kappa shape index (κ2) is 14.2. The Hall–Kier alpha value is -0.820. The van der Waals surface area contributed by atoms with Crippen molar-refractivity contribution in [1.29, 1.82) is 0 Å². The van der Waals surface area contributed by atoms with Gasteiger partial charge in [0.1, 0.15) is 0 Å². The van der Waals surface area contributed by atoms with E-state index in [0.717, 1.165) is 19.0 Å². The highest BCUT2D eigenvalue weighted by Crippen LogP contribution is 2.11. The lowest BCUT2D eigenvalue weighted by Crippen LogP contribution is -2.23. The molecule has 1 aliphatic heterocycles. The van der Waals surface area contributed by atoms with Gasteiger partial charge in [-0.05, 0) is 30.0 Å². The van der Waals surface area contributed by atoms with E-state index in [4.69, 9.17) is 0 Å². The van der Waals surface area contributed by atoms with Gasteiger partial charge in [-0.3, -0.25) is 0 Å². The minimum atomic E-state index is 0.833. The van der Waals surface area contributed by atoms with Crippen molar-refractivity contribution >= 4 is 0 Å². The maximum atomic E-state index is 3.34. The van der Waals surface area contributed by atoms with Gasteiger partial charge in [-0.25, -0.2) is 0 Å². The molecule has 1 aromatic rings. The van der Waals surface area contributed by atoms with Crippen LogP contribution in [-0.4, -0.2) is 6.54 Å². The zero-order valence-corrected chi connectivity index (χ0v) is 13.5. The van der Waals surface area contributed by atoms with Crippen molar-refractivity contribution in [3.05, 3.63) is 35.4 Å². The highest BCUT2D eigenvalue weighted by molar-refractivity contribution is 5.28. The fourth-order valence-electron chi connectivity index (χ4n) is 1.42. The second-order valence-corrected chi connectivity index (χ2v) is 4.43. The largest absolute Gasteiger partial charge is 0.312 e. The summed E-state index contributed by atoms with van der Waals surface area (Å²) in [6, 6.07) is 8.63. The normalized spacial score (nSPS) is 11.8. The molecule has 0 saturated carbocycles. The summed E-state index contributed by atoms with van der Waals surface area (Å²) in [7, 11) is 0.